The van der Waals surface area contributed by atoms with Crippen LogP contribution < -0.4 is 5.32 Å². The zero-order valence-electron chi connectivity index (χ0n) is 15.7. The van der Waals surface area contributed by atoms with Crippen LogP contribution in [-0.2, 0) is 6.54 Å². The summed E-state index contributed by atoms with van der Waals surface area (Å²) in [5.74, 6) is 0.863. The fourth-order valence-electron chi connectivity index (χ4n) is 2.74. The lowest BCUT2D eigenvalue weighted by Crippen LogP contribution is -2.48. The van der Waals surface area contributed by atoms with Gasteiger partial charge >= 0.3 is 0 Å². The number of rotatable bonds is 9. The minimum Gasteiger partial charge on any atom is -0.447 e. The molecular formula is C18H32N4O3. The first-order valence-electron chi connectivity index (χ1n) is 9.37. The van der Waals surface area contributed by atoms with E-state index >= 15 is 0 Å². The van der Waals surface area contributed by atoms with Crippen LogP contribution in [0.4, 0.5) is 0 Å². The maximum Gasteiger partial charge on any atom is 0.273 e. The Kier molecular flexibility index (Phi) is 7.87. The van der Waals surface area contributed by atoms with Gasteiger partial charge in [0.05, 0.1) is 12.6 Å². The summed E-state index contributed by atoms with van der Waals surface area (Å²) in [6, 6.07) is 0. The Morgan fingerprint density at radius 2 is 1.96 bits per heavy atom. The zero-order valence-corrected chi connectivity index (χ0v) is 15.7. The molecule has 25 heavy (non-hydrogen) atoms. The number of nitrogens with one attached hydrogen (secondary N) is 1. The van der Waals surface area contributed by atoms with Gasteiger partial charge in [0.15, 0.2) is 5.69 Å². The SMILES string of the molecule is CC[C@H](C)CNC(=O)c1coc(CN2CCN(C[C@@H](O)CC)CC2)n1. The molecule has 0 saturated carbocycles. The number of hydrogen-bond acceptors (Lipinski definition) is 6. The summed E-state index contributed by atoms with van der Waals surface area (Å²) in [6.07, 6.45) is 3.02. The summed E-state index contributed by atoms with van der Waals surface area (Å²) in [5, 5.41) is 12.6. The first-order chi connectivity index (χ1) is 12.0. The van der Waals surface area contributed by atoms with E-state index in [1.165, 1.54) is 6.26 Å². The van der Waals surface area contributed by atoms with Crippen molar-refractivity contribution in [1.82, 2.24) is 20.1 Å². The second kappa shape index (κ2) is 9.89. The van der Waals surface area contributed by atoms with E-state index in [0.29, 0.717) is 30.6 Å². The standard InChI is InChI=1S/C18H32N4O3/c1-4-14(3)10-19-18(24)16-13-25-17(20-16)12-22-8-6-21(7-9-22)11-15(23)5-2/h13-15,23H,4-12H2,1-3H3,(H,19,24)/t14-,15-/m0/s1. The van der Waals surface area contributed by atoms with E-state index in [9.17, 15) is 9.90 Å². The Morgan fingerprint density at radius 1 is 1.28 bits per heavy atom. The fourth-order valence-corrected chi connectivity index (χ4v) is 2.74. The number of β-amino-alcohol motifs (C(OH)–C–C–N with tert-alkyl or cyclic N) is 1. The van der Waals surface area contributed by atoms with Gasteiger partial charge in [-0.25, -0.2) is 4.98 Å². The molecule has 0 bridgehead atoms. The lowest BCUT2D eigenvalue weighted by molar-refractivity contribution is 0.0658. The van der Waals surface area contributed by atoms with Gasteiger partial charge in [0.25, 0.3) is 5.91 Å². The van der Waals surface area contributed by atoms with E-state index in [4.69, 9.17) is 4.42 Å². The van der Waals surface area contributed by atoms with Gasteiger partial charge in [-0.2, -0.15) is 0 Å². The minimum atomic E-state index is -0.241. The second-order valence-corrected chi connectivity index (χ2v) is 6.99. The van der Waals surface area contributed by atoms with Gasteiger partial charge < -0.3 is 14.8 Å². The third kappa shape index (κ3) is 6.41. The van der Waals surface area contributed by atoms with Crippen molar-refractivity contribution in [3.05, 3.63) is 17.8 Å². The van der Waals surface area contributed by atoms with Crippen LogP contribution in [0, 0.1) is 5.92 Å². The van der Waals surface area contributed by atoms with Crippen LogP contribution in [-0.4, -0.2) is 71.2 Å². The predicted molar refractivity (Wildman–Crippen MR) is 96.3 cm³/mol. The molecule has 1 aliphatic rings. The predicted octanol–water partition coefficient (Wildman–Crippen LogP) is 1.34. The smallest absolute Gasteiger partial charge is 0.273 e. The molecule has 2 atom stereocenters. The van der Waals surface area contributed by atoms with Gasteiger partial charge in [-0.05, 0) is 12.3 Å². The van der Waals surface area contributed by atoms with E-state index in [1.807, 2.05) is 6.92 Å². The Morgan fingerprint density at radius 3 is 2.60 bits per heavy atom. The number of aliphatic hydroxyl groups excluding tert-OH is 1. The molecule has 7 heteroatoms. The average Bonchev–Trinajstić information content (AvgIpc) is 3.09. The highest BCUT2D eigenvalue weighted by molar-refractivity contribution is 5.91. The van der Waals surface area contributed by atoms with Crippen molar-refractivity contribution >= 4 is 5.91 Å². The van der Waals surface area contributed by atoms with E-state index in [1.54, 1.807) is 0 Å². The molecular weight excluding hydrogens is 320 g/mol. The third-order valence-corrected chi connectivity index (χ3v) is 4.86. The van der Waals surface area contributed by atoms with Crippen molar-refractivity contribution in [1.29, 1.82) is 0 Å². The summed E-state index contributed by atoms with van der Waals surface area (Å²) in [7, 11) is 0. The van der Waals surface area contributed by atoms with Crippen molar-refractivity contribution in [3.63, 3.8) is 0 Å². The Hall–Kier alpha value is -1.44. The van der Waals surface area contributed by atoms with Gasteiger partial charge in [0.2, 0.25) is 5.89 Å². The van der Waals surface area contributed by atoms with E-state index in [-0.39, 0.29) is 12.0 Å². The van der Waals surface area contributed by atoms with Crippen LogP contribution >= 0.6 is 0 Å². The molecule has 1 aromatic rings. The molecule has 0 spiro atoms. The number of oxazole rings is 1. The molecule has 142 valence electrons. The van der Waals surface area contributed by atoms with Gasteiger partial charge in [-0.15, -0.1) is 0 Å². The van der Waals surface area contributed by atoms with Gasteiger partial charge in [0.1, 0.15) is 6.26 Å². The lowest BCUT2D eigenvalue weighted by Gasteiger charge is -2.34. The number of amides is 1. The topological polar surface area (TPSA) is 81.8 Å². The number of hydrogen-bond donors (Lipinski definition) is 2. The van der Waals surface area contributed by atoms with Crippen molar-refractivity contribution in [2.75, 3.05) is 39.3 Å². The molecule has 0 aromatic carbocycles. The van der Waals surface area contributed by atoms with Crippen LogP contribution in [0.5, 0.6) is 0 Å². The van der Waals surface area contributed by atoms with Crippen LogP contribution in [0.15, 0.2) is 10.7 Å². The van der Waals surface area contributed by atoms with E-state index in [2.05, 4.69) is 33.9 Å². The maximum absolute atomic E-state index is 12.1. The summed E-state index contributed by atoms with van der Waals surface area (Å²) in [4.78, 5) is 20.9. The molecule has 2 rings (SSSR count). The Labute approximate surface area is 150 Å². The van der Waals surface area contributed by atoms with Gasteiger partial charge in [-0.1, -0.05) is 27.2 Å². The monoisotopic (exact) mass is 352 g/mol. The highest BCUT2D eigenvalue weighted by Crippen LogP contribution is 2.10. The molecule has 0 radical (unpaired) electrons. The van der Waals surface area contributed by atoms with Crippen molar-refractivity contribution in [2.45, 2.75) is 46.3 Å². The van der Waals surface area contributed by atoms with Gasteiger partial charge in [-0.3, -0.25) is 14.6 Å². The largest absolute Gasteiger partial charge is 0.447 e. The third-order valence-electron chi connectivity index (χ3n) is 4.86. The molecule has 1 amide bonds. The summed E-state index contributed by atoms with van der Waals surface area (Å²) >= 11 is 0. The molecule has 1 saturated heterocycles. The molecule has 7 nitrogen and oxygen atoms in total. The molecule has 0 aliphatic carbocycles. The number of aromatic nitrogens is 1. The van der Waals surface area contributed by atoms with E-state index in [0.717, 1.165) is 45.6 Å². The first kappa shape index (κ1) is 19.9. The minimum absolute atomic E-state index is 0.173. The number of aliphatic hydroxyl groups is 1. The van der Waals surface area contributed by atoms with Crippen LogP contribution in [0.25, 0.3) is 0 Å². The van der Waals surface area contributed by atoms with Crippen LogP contribution in [0.3, 0.4) is 0 Å². The number of nitrogens with zero attached hydrogens (tertiary/aromatic N) is 3. The number of carbonyl (C=O) groups is 1. The van der Waals surface area contributed by atoms with Gasteiger partial charge in [0, 0.05) is 39.3 Å². The number of carbonyl (C=O) groups excluding carboxylic acids is 1. The maximum atomic E-state index is 12.1. The van der Waals surface area contributed by atoms with Crippen molar-refractivity contribution < 1.29 is 14.3 Å². The molecule has 2 N–H and O–H groups in total. The van der Waals surface area contributed by atoms with Crippen molar-refractivity contribution in [3.8, 4) is 0 Å². The molecule has 1 aromatic heterocycles. The summed E-state index contributed by atoms with van der Waals surface area (Å²) in [5.41, 5.74) is 0.350. The lowest BCUT2D eigenvalue weighted by atomic mass is 10.1. The number of piperazine rings is 1. The zero-order chi connectivity index (χ0) is 18.2. The van der Waals surface area contributed by atoms with Crippen LogP contribution in [0.2, 0.25) is 0 Å². The fraction of sp³-hybridized carbons (Fsp3) is 0.778. The average molecular weight is 352 g/mol. The van der Waals surface area contributed by atoms with Crippen LogP contribution in [0.1, 0.15) is 50.0 Å². The Balaban J connectivity index is 1.75. The van der Waals surface area contributed by atoms with Crippen molar-refractivity contribution in [2.24, 2.45) is 5.92 Å². The quantitative estimate of drug-likeness (QED) is 0.698. The Bertz CT molecular complexity index is 526. The normalized spacial score (nSPS) is 18.9. The highest BCUT2D eigenvalue weighted by Gasteiger charge is 2.21. The second-order valence-electron chi connectivity index (χ2n) is 6.99. The highest BCUT2D eigenvalue weighted by atomic mass is 16.3. The molecule has 2 heterocycles. The summed E-state index contributed by atoms with van der Waals surface area (Å²) in [6.45, 7) is 11.9. The molecule has 0 unspecified atom stereocenters. The summed E-state index contributed by atoms with van der Waals surface area (Å²) < 4.78 is 5.46. The van der Waals surface area contributed by atoms with E-state index < -0.39 is 0 Å². The molecule has 1 fully saturated rings. The molecule has 1 aliphatic heterocycles. The first-order valence-corrected chi connectivity index (χ1v) is 9.37.